The van der Waals surface area contributed by atoms with Gasteiger partial charge in [0, 0.05) is 30.8 Å². The van der Waals surface area contributed by atoms with Gasteiger partial charge in [-0.3, -0.25) is 4.79 Å². The predicted octanol–water partition coefficient (Wildman–Crippen LogP) is 1.54. The molecule has 2 rings (SSSR count). The Morgan fingerprint density at radius 3 is 2.61 bits per heavy atom. The van der Waals surface area contributed by atoms with Crippen molar-refractivity contribution < 1.29 is 13.6 Å². The highest BCUT2D eigenvalue weighted by Gasteiger charge is 2.21. The third-order valence-corrected chi connectivity index (χ3v) is 2.93. The first-order valence-electron chi connectivity index (χ1n) is 5.74. The lowest BCUT2D eigenvalue weighted by molar-refractivity contribution is -0.124. The summed E-state index contributed by atoms with van der Waals surface area (Å²) in [7, 11) is 0. The second kappa shape index (κ2) is 5.27. The van der Waals surface area contributed by atoms with Crippen molar-refractivity contribution in [3.8, 4) is 0 Å². The molecule has 0 aliphatic carbocycles. The first kappa shape index (κ1) is 12.7. The van der Waals surface area contributed by atoms with Gasteiger partial charge in [-0.25, -0.2) is 8.78 Å². The van der Waals surface area contributed by atoms with Crippen molar-refractivity contribution >= 4 is 12.0 Å². The van der Waals surface area contributed by atoms with Crippen LogP contribution in [0.4, 0.5) is 8.78 Å². The Morgan fingerprint density at radius 2 is 2.06 bits per heavy atom. The molecule has 1 amide bonds. The third-order valence-electron chi connectivity index (χ3n) is 2.93. The third kappa shape index (κ3) is 2.73. The van der Waals surface area contributed by atoms with Crippen LogP contribution in [0.25, 0.3) is 6.08 Å². The average Bonchev–Trinajstić information content (AvgIpc) is 2.75. The van der Waals surface area contributed by atoms with Crippen LogP contribution in [-0.4, -0.2) is 29.9 Å². The number of benzene rings is 1. The Kier molecular flexibility index (Phi) is 3.72. The van der Waals surface area contributed by atoms with E-state index in [4.69, 9.17) is 5.73 Å². The van der Waals surface area contributed by atoms with E-state index in [1.54, 1.807) is 4.90 Å². The molecule has 1 aliphatic rings. The average molecular weight is 252 g/mol. The van der Waals surface area contributed by atoms with Crippen molar-refractivity contribution in [2.75, 3.05) is 13.1 Å². The van der Waals surface area contributed by atoms with Crippen LogP contribution in [0.1, 0.15) is 12.0 Å². The van der Waals surface area contributed by atoms with Gasteiger partial charge in [0.05, 0.1) is 0 Å². The summed E-state index contributed by atoms with van der Waals surface area (Å²) in [6.07, 6.45) is 3.10. The molecule has 0 radical (unpaired) electrons. The minimum atomic E-state index is -0.683. The van der Waals surface area contributed by atoms with E-state index in [-0.39, 0.29) is 17.5 Å². The number of halogens is 2. The molecule has 1 saturated heterocycles. The lowest BCUT2D eigenvalue weighted by Crippen LogP contribution is -2.30. The fraction of sp³-hybridized carbons (Fsp3) is 0.308. The van der Waals surface area contributed by atoms with Crippen molar-refractivity contribution in [2.45, 2.75) is 12.5 Å². The van der Waals surface area contributed by atoms with Gasteiger partial charge >= 0.3 is 0 Å². The molecular formula is C13H14F2N2O. The lowest BCUT2D eigenvalue weighted by atomic mass is 10.2. The number of carbonyl (C=O) groups excluding carboxylic acids is 1. The van der Waals surface area contributed by atoms with Gasteiger partial charge < -0.3 is 10.6 Å². The molecule has 1 fully saturated rings. The Labute approximate surface area is 104 Å². The minimum absolute atomic E-state index is 0.00690. The molecule has 5 heteroatoms. The van der Waals surface area contributed by atoms with Gasteiger partial charge in [-0.2, -0.15) is 0 Å². The summed E-state index contributed by atoms with van der Waals surface area (Å²) in [4.78, 5) is 13.3. The summed E-state index contributed by atoms with van der Waals surface area (Å²) in [5.41, 5.74) is 5.48. The summed E-state index contributed by atoms with van der Waals surface area (Å²) in [5.74, 6) is -1.64. The second-order valence-corrected chi connectivity index (χ2v) is 4.30. The van der Waals surface area contributed by atoms with Crippen molar-refractivity contribution in [2.24, 2.45) is 5.73 Å². The topological polar surface area (TPSA) is 46.3 Å². The van der Waals surface area contributed by atoms with Crippen molar-refractivity contribution in [1.29, 1.82) is 0 Å². The van der Waals surface area contributed by atoms with Crippen LogP contribution < -0.4 is 5.73 Å². The molecular weight excluding hydrogens is 238 g/mol. The van der Waals surface area contributed by atoms with E-state index in [0.29, 0.717) is 13.1 Å². The molecule has 1 heterocycles. The Hall–Kier alpha value is -1.75. The zero-order valence-corrected chi connectivity index (χ0v) is 9.77. The van der Waals surface area contributed by atoms with Gasteiger partial charge in [-0.1, -0.05) is 6.07 Å². The minimum Gasteiger partial charge on any atom is -0.338 e. The normalized spacial score (nSPS) is 19.7. The van der Waals surface area contributed by atoms with Crippen LogP contribution in [-0.2, 0) is 4.79 Å². The van der Waals surface area contributed by atoms with Crippen molar-refractivity contribution in [1.82, 2.24) is 4.90 Å². The molecule has 1 aliphatic heterocycles. The van der Waals surface area contributed by atoms with E-state index < -0.39 is 11.6 Å². The second-order valence-electron chi connectivity index (χ2n) is 4.30. The summed E-state index contributed by atoms with van der Waals surface area (Å²) < 4.78 is 26.6. The molecule has 3 nitrogen and oxygen atoms in total. The largest absolute Gasteiger partial charge is 0.338 e. The smallest absolute Gasteiger partial charge is 0.246 e. The quantitative estimate of drug-likeness (QED) is 0.811. The Balaban J connectivity index is 2.09. The fourth-order valence-electron chi connectivity index (χ4n) is 1.92. The predicted molar refractivity (Wildman–Crippen MR) is 64.6 cm³/mol. The number of rotatable bonds is 2. The number of carbonyl (C=O) groups is 1. The number of likely N-dealkylation sites (tertiary alicyclic amines) is 1. The fourth-order valence-corrected chi connectivity index (χ4v) is 1.92. The molecule has 0 unspecified atom stereocenters. The highest BCUT2D eigenvalue weighted by atomic mass is 19.1. The summed E-state index contributed by atoms with van der Waals surface area (Å²) in [5, 5.41) is 0. The van der Waals surface area contributed by atoms with Gasteiger partial charge in [-0.15, -0.1) is 0 Å². The zero-order valence-electron chi connectivity index (χ0n) is 9.77. The summed E-state index contributed by atoms with van der Waals surface area (Å²) >= 11 is 0. The van der Waals surface area contributed by atoms with E-state index in [1.807, 2.05) is 0 Å². The van der Waals surface area contributed by atoms with Crippen molar-refractivity contribution in [3.63, 3.8) is 0 Å². The number of nitrogens with zero attached hydrogens (tertiary/aromatic N) is 1. The summed E-state index contributed by atoms with van der Waals surface area (Å²) in [6.45, 7) is 1.08. The van der Waals surface area contributed by atoms with Crippen LogP contribution in [0.2, 0.25) is 0 Å². The molecule has 0 saturated carbocycles. The van der Waals surface area contributed by atoms with Gasteiger partial charge in [0.25, 0.3) is 0 Å². The number of hydrogen-bond acceptors (Lipinski definition) is 2. The number of hydrogen-bond donors (Lipinski definition) is 1. The molecule has 1 atom stereocenters. The molecule has 1 aromatic carbocycles. The Bertz CT molecular complexity index is 468. The summed E-state index contributed by atoms with van der Waals surface area (Å²) in [6, 6.07) is 3.58. The van der Waals surface area contributed by atoms with Crippen LogP contribution >= 0.6 is 0 Å². The van der Waals surface area contributed by atoms with Gasteiger partial charge in [0.1, 0.15) is 11.6 Å². The SMILES string of the molecule is N[C@H]1CCN(C(=O)C=Cc2c(F)cccc2F)C1. The van der Waals surface area contributed by atoms with Crippen LogP contribution in [0.5, 0.6) is 0 Å². The molecule has 18 heavy (non-hydrogen) atoms. The Morgan fingerprint density at radius 1 is 1.39 bits per heavy atom. The van der Waals surface area contributed by atoms with Crippen LogP contribution in [0.15, 0.2) is 24.3 Å². The van der Waals surface area contributed by atoms with Crippen molar-refractivity contribution in [3.05, 3.63) is 41.5 Å². The molecule has 1 aromatic rings. The lowest BCUT2D eigenvalue weighted by Gasteiger charge is -2.12. The number of nitrogens with two attached hydrogens (primary N) is 1. The first-order valence-corrected chi connectivity index (χ1v) is 5.74. The maximum absolute atomic E-state index is 13.3. The van der Waals surface area contributed by atoms with E-state index in [0.717, 1.165) is 24.6 Å². The van der Waals surface area contributed by atoms with E-state index in [2.05, 4.69) is 0 Å². The van der Waals surface area contributed by atoms with E-state index in [1.165, 1.54) is 12.1 Å². The van der Waals surface area contributed by atoms with Crippen LogP contribution in [0, 0.1) is 11.6 Å². The monoisotopic (exact) mass is 252 g/mol. The van der Waals surface area contributed by atoms with Gasteiger partial charge in [0.15, 0.2) is 0 Å². The van der Waals surface area contributed by atoms with Crippen LogP contribution in [0.3, 0.4) is 0 Å². The molecule has 0 spiro atoms. The maximum Gasteiger partial charge on any atom is 0.246 e. The standard InChI is InChI=1S/C13H14F2N2O/c14-11-2-1-3-12(15)10(11)4-5-13(18)17-7-6-9(16)8-17/h1-5,9H,6-8,16H2/t9-/m0/s1. The molecule has 96 valence electrons. The first-order chi connectivity index (χ1) is 8.58. The zero-order chi connectivity index (χ0) is 13.1. The highest BCUT2D eigenvalue weighted by molar-refractivity contribution is 5.92. The molecule has 2 N–H and O–H groups in total. The highest BCUT2D eigenvalue weighted by Crippen LogP contribution is 2.14. The van der Waals surface area contributed by atoms with E-state index in [9.17, 15) is 13.6 Å². The van der Waals surface area contributed by atoms with E-state index >= 15 is 0 Å². The van der Waals surface area contributed by atoms with Gasteiger partial charge in [0.2, 0.25) is 5.91 Å². The number of amides is 1. The molecule has 0 aromatic heterocycles. The molecule has 0 bridgehead atoms. The van der Waals surface area contributed by atoms with Gasteiger partial charge in [-0.05, 0) is 24.6 Å². The maximum atomic E-state index is 13.3.